The van der Waals surface area contributed by atoms with E-state index in [1.54, 1.807) is 18.9 Å². The van der Waals surface area contributed by atoms with Gasteiger partial charge in [0, 0.05) is 19.8 Å². The van der Waals surface area contributed by atoms with Crippen LogP contribution in [0.2, 0.25) is 0 Å². The fraction of sp³-hybridized carbons (Fsp3) is 0.500. The number of aromatic nitrogens is 1. The molecule has 0 aliphatic carbocycles. The number of nitrogens with two attached hydrogens (primary N) is 1. The van der Waals surface area contributed by atoms with Gasteiger partial charge in [-0.15, -0.1) is 0 Å². The molecule has 0 aliphatic heterocycles. The van der Waals surface area contributed by atoms with Gasteiger partial charge in [0.2, 0.25) is 5.91 Å². The van der Waals surface area contributed by atoms with E-state index in [1.165, 1.54) is 12.3 Å². The molecule has 7 nitrogen and oxygen atoms in total. The number of hydrogen-bond acceptors (Lipinski definition) is 6. The van der Waals surface area contributed by atoms with Crippen LogP contribution >= 0.6 is 0 Å². The third-order valence-corrected chi connectivity index (χ3v) is 2.78. The highest BCUT2D eigenvalue weighted by molar-refractivity contribution is 5.98. The zero-order chi connectivity index (χ0) is 15.8. The number of amides is 1. The van der Waals surface area contributed by atoms with Crippen LogP contribution < -0.4 is 16.0 Å². The molecule has 0 bridgehead atoms. The van der Waals surface area contributed by atoms with Crippen molar-refractivity contribution in [2.24, 2.45) is 0 Å². The molecule has 3 N–H and O–H groups in total. The smallest absolute Gasteiger partial charge is 0.340 e. The van der Waals surface area contributed by atoms with Gasteiger partial charge in [-0.25, -0.2) is 9.78 Å². The summed E-state index contributed by atoms with van der Waals surface area (Å²) in [6.45, 7) is 4.71. The van der Waals surface area contributed by atoms with Gasteiger partial charge in [0.05, 0.1) is 24.4 Å². The maximum Gasteiger partial charge on any atom is 0.340 e. The first-order chi connectivity index (χ1) is 10.0. The van der Waals surface area contributed by atoms with Crippen LogP contribution in [0.15, 0.2) is 12.3 Å². The molecule has 1 aromatic heterocycles. The zero-order valence-corrected chi connectivity index (χ0v) is 12.7. The highest BCUT2D eigenvalue weighted by Crippen LogP contribution is 2.23. The van der Waals surface area contributed by atoms with E-state index >= 15 is 0 Å². The molecule has 116 valence electrons. The summed E-state index contributed by atoms with van der Waals surface area (Å²) in [4.78, 5) is 29.2. The Morgan fingerprint density at radius 1 is 1.43 bits per heavy atom. The SMILES string of the molecule is CCCNC(=O)CN(C)c1nccc(C(=O)OCC)c1N. The molecule has 0 unspecified atom stereocenters. The van der Waals surface area contributed by atoms with Crippen LogP contribution in [0.25, 0.3) is 0 Å². The van der Waals surface area contributed by atoms with Gasteiger partial charge in [-0.05, 0) is 19.4 Å². The predicted molar refractivity (Wildman–Crippen MR) is 81.2 cm³/mol. The van der Waals surface area contributed by atoms with E-state index in [9.17, 15) is 9.59 Å². The molecule has 0 saturated heterocycles. The van der Waals surface area contributed by atoms with Gasteiger partial charge >= 0.3 is 5.97 Å². The first kappa shape index (κ1) is 16.7. The Morgan fingerprint density at radius 2 is 2.14 bits per heavy atom. The second-order valence-corrected chi connectivity index (χ2v) is 4.52. The molecule has 1 amide bonds. The molecule has 1 heterocycles. The lowest BCUT2D eigenvalue weighted by Crippen LogP contribution is -2.36. The normalized spacial score (nSPS) is 10.0. The standard InChI is InChI=1S/C14H22N4O3/c1-4-7-16-11(19)9-18(3)13-12(15)10(6-8-17-13)14(20)21-5-2/h6,8H,4-5,7,9,15H2,1-3H3,(H,16,19). The van der Waals surface area contributed by atoms with E-state index in [0.29, 0.717) is 12.4 Å². The van der Waals surface area contributed by atoms with Crippen LogP contribution in [0.5, 0.6) is 0 Å². The summed E-state index contributed by atoms with van der Waals surface area (Å²) in [6, 6.07) is 1.50. The first-order valence-electron chi connectivity index (χ1n) is 6.90. The second kappa shape index (κ2) is 8.08. The van der Waals surface area contributed by atoms with Crippen LogP contribution in [0.4, 0.5) is 11.5 Å². The maximum absolute atomic E-state index is 11.8. The number of carbonyl (C=O) groups excluding carboxylic acids is 2. The summed E-state index contributed by atoms with van der Waals surface area (Å²) in [5.74, 6) is -0.239. The number of esters is 1. The van der Waals surface area contributed by atoms with Crippen LogP contribution in [0.3, 0.4) is 0 Å². The number of nitrogens with one attached hydrogen (secondary N) is 1. The van der Waals surface area contributed by atoms with Crippen LogP contribution in [-0.2, 0) is 9.53 Å². The van der Waals surface area contributed by atoms with Crippen LogP contribution in [-0.4, -0.2) is 43.6 Å². The average Bonchev–Trinajstić information content (AvgIpc) is 2.45. The van der Waals surface area contributed by atoms with Gasteiger partial charge in [0.15, 0.2) is 5.82 Å². The lowest BCUT2D eigenvalue weighted by molar-refractivity contribution is -0.119. The Labute approximate surface area is 124 Å². The Balaban J connectivity index is 2.85. The predicted octanol–water partition coefficient (Wildman–Crippen LogP) is 0.803. The lowest BCUT2D eigenvalue weighted by Gasteiger charge is -2.20. The molecular formula is C14H22N4O3. The van der Waals surface area contributed by atoms with Crippen molar-refractivity contribution in [2.75, 3.05) is 37.4 Å². The van der Waals surface area contributed by atoms with Gasteiger partial charge in [-0.1, -0.05) is 6.92 Å². The molecule has 0 spiro atoms. The molecule has 0 aromatic carbocycles. The third kappa shape index (κ3) is 4.62. The largest absolute Gasteiger partial charge is 0.462 e. The van der Waals surface area contributed by atoms with Gasteiger partial charge in [-0.3, -0.25) is 4.79 Å². The molecule has 0 radical (unpaired) electrons. The summed E-state index contributed by atoms with van der Waals surface area (Å²) < 4.78 is 4.93. The molecule has 7 heteroatoms. The topological polar surface area (TPSA) is 97.5 Å². The quantitative estimate of drug-likeness (QED) is 0.722. The summed E-state index contributed by atoms with van der Waals surface area (Å²) in [7, 11) is 1.69. The maximum atomic E-state index is 11.8. The Bertz CT molecular complexity index is 505. The minimum absolute atomic E-state index is 0.115. The highest BCUT2D eigenvalue weighted by Gasteiger charge is 2.18. The van der Waals surface area contributed by atoms with E-state index < -0.39 is 5.97 Å². The van der Waals surface area contributed by atoms with E-state index in [1.807, 2.05) is 6.92 Å². The van der Waals surface area contributed by atoms with Crippen molar-refractivity contribution < 1.29 is 14.3 Å². The zero-order valence-electron chi connectivity index (χ0n) is 12.7. The number of ether oxygens (including phenoxy) is 1. The minimum atomic E-state index is -0.498. The van der Waals surface area contributed by atoms with E-state index in [0.717, 1.165) is 6.42 Å². The van der Waals surface area contributed by atoms with E-state index in [4.69, 9.17) is 10.5 Å². The minimum Gasteiger partial charge on any atom is -0.462 e. The van der Waals surface area contributed by atoms with Gasteiger partial charge in [0.25, 0.3) is 0 Å². The summed E-state index contributed by atoms with van der Waals surface area (Å²) in [6.07, 6.45) is 2.34. The Kier molecular flexibility index (Phi) is 6.45. The van der Waals surface area contributed by atoms with E-state index in [2.05, 4.69) is 10.3 Å². The Hall–Kier alpha value is -2.31. The van der Waals surface area contributed by atoms with Crippen molar-refractivity contribution in [3.05, 3.63) is 17.8 Å². The van der Waals surface area contributed by atoms with Gasteiger partial charge < -0.3 is 20.7 Å². The molecular weight excluding hydrogens is 272 g/mol. The number of likely N-dealkylation sites (N-methyl/N-ethyl adjacent to an activating group) is 1. The van der Waals surface area contributed by atoms with Gasteiger partial charge in [-0.2, -0.15) is 0 Å². The van der Waals surface area contributed by atoms with Crippen molar-refractivity contribution in [2.45, 2.75) is 20.3 Å². The number of nitrogen functional groups attached to an aromatic ring is 1. The number of nitrogens with zero attached hydrogens (tertiary/aromatic N) is 2. The van der Waals surface area contributed by atoms with Crippen molar-refractivity contribution in [3.63, 3.8) is 0 Å². The second-order valence-electron chi connectivity index (χ2n) is 4.52. The molecule has 0 aliphatic rings. The van der Waals surface area contributed by atoms with Crippen molar-refractivity contribution >= 4 is 23.4 Å². The average molecular weight is 294 g/mol. The van der Waals surface area contributed by atoms with Crippen LogP contribution in [0.1, 0.15) is 30.6 Å². The van der Waals surface area contributed by atoms with E-state index in [-0.39, 0.29) is 30.3 Å². The number of pyridine rings is 1. The molecule has 1 aromatic rings. The third-order valence-electron chi connectivity index (χ3n) is 2.78. The first-order valence-corrected chi connectivity index (χ1v) is 6.90. The molecule has 1 rings (SSSR count). The fourth-order valence-corrected chi connectivity index (χ4v) is 1.76. The fourth-order valence-electron chi connectivity index (χ4n) is 1.76. The summed E-state index contributed by atoms with van der Waals surface area (Å²) in [5, 5.41) is 2.77. The van der Waals surface area contributed by atoms with Crippen molar-refractivity contribution in [1.82, 2.24) is 10.3 Å². The summed E-state index contributed by atoms with van der Waals surface area (Å²) in [5.41, 5.74) is 6.42. The highest BCUT2D eigenvalue weighted by atomic mass is 16.5. The Morgan fingerprint density at radius 3 is 2.76 bits per heavy atom. The summed E-state index contributed by atoms with van der Waals surface area (Å²) >= 11 is 0. The number of hydrogen-bond donors (Lipinski definition) is 2. The van der Waals surface area contributed by atoms with Crippen molar-refractivity contribution in [1.29, 1.82) is 0 Å². The lowest BCUT2D eigenvalue weighted by atomic mass is 10.2. The molecule has 21 heavy (non-hydrogen) atoms. The van der Waals surface area contributed by atoms with Crippen molar-refractivity contribution in [3.8, 4) is 0 Å². The molecule has 0 saturated carbocycles. The van der Waals surface area contributed by atoms with Gasteiger partial charge in [0.1, 0.15) is 0 Å². The number of rotatable bonds is 7. The monoisotopic (exact) mass is 294 g/mol. The molecule has 0 atom stereocenters. The number of carbonyl (C=O) groups is 2. The number of anilines is 2. The van der Waals surface area contributed by atoms with Crippen LogP contribution in [0, 0.1) is 0 Å². The molecule has 0 fully saturated rings.